The zero-order valence-electron chi connectivity index (χ0n) is 13.8. The Labute approximate surface area is 126 Å². The van der Waals surface area contributed by atoms with E-state index in [0.29, 0.717) is 19.8 Å². The second kappa shape index (κ2) is 9.90. The van der Waals surface area contributed by atoms with Crippen LogP contribution in [-0.2, 0) is 13.3 Å². The van der Waals surface area contributed by atoms with Crippen LogP contribution in [0.25, 0.3) is 0 Å². The molecule has 0 aromatic rings. The standard InChI is InChI=1S/C15H33NO3Si/c1-5-17-20(18-6-2,19-7-3)14-8-11-16-12-9-15(4)10-13-16/h15H,5-14H2,1-4H3. The molecule has 0 amide bonds. The third kappa shape index (κ3) is 6.22. The van der Waals surface area contributed by atoms with Crippen molar-refractivity contribution in [2.24, 2.45) is 5.92 Å². The largest absolute Gasteiger partial charge is 0.500 e. The average Bonchev–Trinajstić information content (AvgIpc) is 2.42. The normalized spacial score (nSPS) is 18.6. The van der Waals surface area contributed by atoms with E-state index in [4.69, 9.17) is 13.3 Å². The van der Waals surface area contributed by atoms with E-state index >= 15 is 0 Å². The Morgan fingerprint density at radius 2 is 1.45 bits per heavy atom. The summed E-state index contributed by atoms with van der Waals surface area (Å²) in [5, 5.41) is 0. The lowest BCUT2D eigenvalue weighted by Crippen LogP contribution is -2.46. The minimum atomic E-state index is -2.42. The SMILES string of the molecule is CCO[Si](CCCN1CCC(C)CC1)(OCC)OCC. The van der Waals surface area contributed by atoms with E-state index in [1.807, 2.05) is 20.8 Å². The molecule has 120 valence electrons. The molecule has 0 aliphatic carbocycles. The summed E-state index contributed by atoms with van der Waals surface area (Å²) in [6.45, 7) is 14.1. The predicted molar refractivity (Wildman–Crippen MR) is 84.9 cm³/mol. The van der Waals surface area contributed by atoms with E-state index in [-0.39, 0.29) is 0 Å². The van der Waals surface area contributed by atoms with Crippen LogP contribution >= 0.6 is 0 Å². The van der Waals surface area contributed by atoms with Gasteiger partial charge in [-0.1, -0.05) is 6.92 Å². The van der Waals surface area contributed by atoms with Crippen molar-refractivity contribution >= 4 is 8.80 Å². The Balaban J connectivity index is 2.36. The lowest BCUT2D eigenvalue weighted by atomic mass is 9.99. The predicted octanol–water partition coefficient (Wildman–Crippen LogP) is 3.16. The smallest absolute Gasteiger partial charge is 0.374 e. The van der Waals surface area contributed by atoms with Crippen LogP contribution in [0.5, 0.6) is 0 Å². The van der Waals surface area contributed by atoms with Gasteiger partial charge in [-0.05, 0) is 65.6 Å². The van der Waals surface area contributed by atoms with E-state index in [2.05, 4.69) is 11.8 Å². The molecular formula is C15H33NO3Si. The number of piperidine rings is 1. The first-order valence-corrected chi connectivity index (χ1v) is 10.2. The van der Waals surface area contributed by atoms with Crippen LogP contribution in [0.1, 0.15) is 47.0 Å². The molecule has 1 fully saturated rings. The van der Waals surface area contributed by atoms with Crippen molar-refractivity contribution in [3.05, 3.63) is 0 Å². The highest BCUT2D eigenvalue weighted by Gasteiger charge is 2.39. The molecule has 5 heteroatoms. The first-order valence-electron chi connectivity index (χ1n) is 8.30. The zero-order valence-corrected chi connectivity index (χ0v) is 14.8. The van der Waals surface area contributed by atoms with Gasteiger partial charge in [0.2, 0.25) is 0 Å². The topological polar surface area (TPSA) is 30.9 Å². The van der Waals surface area contributed by atoms with Gasteiger partial charge in [-0.15, -0.1) is 0 Å². The van der Waals surface area contributed by atoms with Crippen molar-refractivity contribution in [2.45, 2.75) is 53.0 Å². The Kier molecular flexibility index (Phi) is 8.96. The summed E-state index contributed by atoms with van der Waals surface area (Å²) in [5.41, 5.74) is 0. The molecule has 0 N–H and O–H groups in total. The number of nitrogens with zero attached hydrogens (tertiary/aromatic N) is 1. The monoisotopic (exact) mass is 303 g/mol. The van der Waals surface area contributed by atoms with Gasteiger partial charge in [0.25, 0.3) is 0 Å². The minimum Gasteiger partial charge on any atom is -0.374 e. The van der Waals surface area contributed by atoms with E-state index in [9.17, 15) is 0 Å². The molecule has 1 rings (SSSR count). The zero-order chi connectivity index (χ0) is 14.8. The first-order chi connectivity index (χ1) is 9.65. The van der Waals surface area contributed by atoms with Gasteiger partial charge in [0, 0.05) is 25.9 Å². The quantitative estimate of drug-likeness (QED) is 0.580. The van der Waals surface area contributed by atoms with Gasteiger partial charge in [0.05, 0.1) is 0 Å². The first kappa shape index (κ1) is 18.1. The summed E-state index contributed by atoms with van der Waals surface area (Å²) < 4.78 is 17.7. The van der Waals surface area contributed by atoms with Crippen molar-refractivity contribution in [1.29, 1.82) is 0 Å². The van der Waals surface area contributed by atoms with Gasteiger partial charge < -0.3 is 18.2 Å². The van der Waals surface area contributed by atoms with Crippen molar-refractivity contribution in [1.82, 2.24) is 4.90 Å². The molecule has 1 aliphatic rings. The molecule has 1 saturated heterocycles. The molecule has 0 aromatic heterocycles. The maximum atomic E-state index is 5.89. The number of hydrogen-bond donors (Lipinski definition) is 0. The third-order valence-electron chi connectivity index (χ3n) is 3.93. The molecule has 1 heterocycles. The highest BCUT2D eigenvalue weighted by Crippen LogP contribution is 2.20. The average molecular weight is 304 g/mol. The Morgan fingerprint density at radius 3 is 1.90 bits per heavy atom. The van der Waals surface area contributed by atoms with E-state index < -0.39 is 8.80 Å². The third-order valence-corrected chi connectivity index (χ3v) is 7.08. The highest BCUT2D eigenvalue weighted by molar-refractivity contribution is 6.60. The summed E-state index contributed by atoms with van der Waals surface area (Å²) >= 11 is 0. The van der Waals surface area contributed by atoms with Crippen LogP contribution in [0.3, 0.4) is 0 Å². The number of rotatable bonds is 10. The molecule has 4 nitrogen and oxygen atoms in total. The van der Waals surface area contributed by atoms with Crippen molar-refractivity contribution in [3.8, 4) is 0 Å². The fourth-order valence-electron chi connectivity index (χ4n) is 2.81. The molecule has 1 aliphatic heterocycles. The molecular weight excluding hydrogens is 270 g/mol. The van der Waals surface area contributed by atoms with Crippen molar-refractivity contribution in [2.75, 3.05) is 39.5 Å². The van der Waals surface area contributed by atoms with Crippen LogP contribution in [0.4, 0.5) is 0 Å². The summed E-state index contributed by atoms with van der Waals surface area (Å²) in [5.74, 6) is 0.898. The van der Waals surface area contributed by atoms with Crippen LogP contribution in [-0.4, -0.2) is 53.2 Å². The van der Waals surface area contributed by atoms with Gasteiger partial charge in [0.15, 0.2) is 0 Å². The van der Waals surface area contributed by atoms with E-state index in [1.165, 1.54) is 25.9 Å². The summed E-state index contributed by atoms with van der Waals surface area (Å²) in [4.78, 5) is 2.57. The molecule has 0 radical (unpaired) electrons. The van der Waals surface area contributed by atoms with Gasteiger partial charge in [0.1, 0.15) is 0 Å². The van der Waals surface area contributed by atoms with Crippen LogP contribution < -0.4 is 0 Å². The van der Waals surface area contributed by atoms with Gasteiger partial charge in [-0.3, -0.25) is 0 Å². The Morgan fingerprint density at radius 1 is 0.950 bits per heavy atom. The van der Waals surface area contributed by atoms with Crippen molar-refractivity contribution in [3.63, 3.8) is 0 Å². The molecule has 0 spiro atoms. The minimum absolute atomic E-state index is 0.674. The van der Waals surface area contributed by atoms with Crippen molar-refractivity contribution < 1.29 is 13.3 Å². The molecule has 0 bridgehead atoms. The highest BCUT2D eigenvalue weighted by atomic mass is 28.4. The molecule has 0 unspecified atom stereocenters. The lowest BCUT2D eigenvalue weighted by molar-refractivity contribution is 0.0694. The fourth-order valence-corrected chi connectivity index (χ4v) is 5.40. The fraction of sp³-hybridized carbons (Fsp3) is 1.00. The van der Waals surface area contributed by atoms with Gasteiger partial charge >= 0.3 is 8.80 Å². The van der Waals surface area contributed by atoms with E-state index in [1.54, 1.807) is 0 Å². The van der Waals surface area contributed by atoms with E-state index in [0.717, 1.165) is 24.9 Å². The summed E-state index contributed by atoms with van der Waals surface area (Å²) in [6, 6.07) is 0.939. The second-order valence-electron chi connectivity index (χ2n) is 5.61. The van der Waals surface area contributed by atoms with Gasteiger partial charge in [-0.2, -0.15) is 0 Å². The van der Waals surface area contributed by atoms with Crippen LogP contribution in [0.2, 0.25) is 6.04 Å². The Bertz CT molecular complexity index is 228. The molecule has 0 aromatic carbocycles. The molecule has 0 atom stereocenters. The maximum absolute atomic E-state index is 5.89. The van der Waals surface area contributed by atoms with Crippen LogP contribution in [0.15, 0.2) is 0 Å². The summed E-state index contributed by atoms with van der Waals surface area (Å²) in [6.07, 6.45) is 3.79. The number of likely N-dealkylation sites (tertiary alicyclic amines) is 1. The Hall–Kier alpha value is 0.0569. The van der Waals surface area contributed by atoms with Gasteiger partial charge in [-0.25, -0.2) is 0 Å². The molecule has 0 saturated carbocycles. The van der Waals surface area contributed by atoms with Crippen LogP contribution in [0, 0.1) is 5.92 Å². The lowest BCUT2D eigenvalue weighted by Gasteiger charge is -2.32. The summed E-state index contributed by atoms with van der Waals surface area (Å²) in [7, 11) is -2.42. The number of hydrogen-bond acceptors (Lipinski definition) is 4. The second-order valence-corrected chi connectivity index (χ2v) is 8.34. The molecule has 20 heavy (non-hydrogen) atoms. The maximum Gasteiger partial charge on any atom is 0.500 e.